The molecule has 0 spiro atoms. The maximum Gasteiger partial charge on any atom is 0.417 e. The molecule has 3 aliphatic rings. The van der Waals surface area contributed by atoms with Crippen LogP contribution in [-0.4, -0.2) is 49.3 Å². The average molecular weight is 489 g/mol. The number of nitriles is 1. The number of fused-ring (bicyclic) bond motifs is 1. The number of halogens is 4. The molecule has 1 aromatic carbocycles. The first-order valence-corrected chi connectivity index (χ1v) is 12.0. The highest BCUT2D eigenvalue weighted by Gasteiger charge is 2.50. The van der Waals surface area contributed by atoms with Gasteiger partial charge in [-0.1, -0.05) is 0 Å². The van der Waals surface area contributed by atoms with E-state index in [4.69, 9.17) is 10.00 Å². The number of aromatic nitrogens is 1. The summed E-state index contributed by atoms with van der Waals surface area (Å²) in [4.78, 5) is 8.05. The van der Waals surface area contributed by atoms with E-state index in [-0.39, 0.29) is 22.7 Å². The van der Waals surface area contributed by atoms with Gasteiger partial charge < -0.3 is 9.64 Å². The summed E-state index contributed by atoms with van der Waals surface area (Å²) in [6, 6.07) is 7.30. The van der Waals surface area contributed by atoms with Crippen molar-refractivity contribution >= 4 is 5.69 Å². The largest absolute Gasteiger partial charge is 0.417 e. The molecule has 186 valence electrons. The molecule has 5 rings (SSSR count). The molecule has 0 amide bonds. The summed E-state index contributed by atoms with van der Waals surface area (Å²) >= 11 is 0. The Hall–Kier alpha value is -2.70. The van der Waals surface area contributed by atoms with E-state index in [1.807, 2.05) is 4.90 Å². The molecule has 1 aliphatic carbocycles. The third kappa shape index (κ3) is 5.14. The SMILES string of the molecule is N#Cc1ccc(N2C[C@@H]3CCN(Cc4ccncc4F)C[C@]3(COCC3CC3)C2)cc1C(F)(F)F. The minimum atomic E-state index is -4.59. The third-order valence-corrected chi connectivity index (χ3v) is 7.63. The second-order valence-corrected chi connectivity index (χ2v) is 10.2. The van der Waals surface area contributed by atoms with Gasteiger partial charge in [-0.15, -0.1) is 0 Å². The number of anilines is 1. The smallest absolute Gasteiger partial charge is 0.380 e. The van der Waals surface area contributed by atoms with Crippen LogP contribution in [0.4, 0.5) is 23.2 Å². The van der Waals surface area contributed by atoms with Gasteiger partial charge >= 0.3 is 6.18 Å². The molecular weight excluding hydrogens is 460 g/mol. The van der Waals surface area contributed by atoms with Gasteiger partial charge in [0, 0.05) is 55.6 Å². The van der Waals surface area contributed by atoms with Crippen molar-refractivity contribution in [3.63, 3.8) is 0 Å². The highest BCUT2D eigenvalue weighted by Crippen LogP contribution is 2.45. The van der Waals surface area contributed by atoms with Crippen molar-refractivity contribution in [1.82, 2.24) is 9.88 Å². The predicted molar refractivity (Wildman–Crippen MR) is 122 cm³/mol. The zero-order chi connectivity index (χ0) is 24.6. The van der Waals surface area contributed by atoms with E-state index in [2.05, 4.69) is 9.88 Å². The lowest BCUT2D eigenvalue weighted by atomic mass is 9.74. The first-order chi connectivity index (χ1) is 16.8. The van der Waals surface area contributed by atoms with Crippen LogP contribution in [0.15, 0.2) is 36.7 Å². The van der Waals surface area contributed by atoms with Gasteiger partial charge in [-0.25, -0.2) is 4.39 Å². The van der Waals surface area contributed by atoms with Crippen LogP contribution in [0.5, 0.6) is 0 Å². The number of rotatable bonds is 7. The molecule has 2 saturated heterocycles. The van der Waals surface area contributed by atoms with E-state index in [0.717, 1.165) is 19.0 Å². The van der Waals surface area contributed by atoms with Gasteiger partial charge in [0.05, 0.1) is 30.0 Å². The van der Waals surface area contributed by atoms with Crippen LogP contribution in [0, 0.1) is 34.4 Å². The molecule has 0 unspecified atom stereocenters. The lowest BCUT2D eigenvalue weighted by Gasteiger charge is -2.44. The third-order valence-electron chi connectivity index (χ3n) is 7.63. The molecule has 1 saturated carbocycles. The summed E-state index contributed by atoms with van der Waals surface area (Å²) in [5, 5.41) is 9.15. The summed E-state index contributed by atoms with van der Waals surface area (Å²) in [7, 11) is 0. The molecule has 2 aliphatic heterocycles. The van der Waals surface area contributed by atoms with E-state index < -0.39 is 11.7 Å². The van der Waals surface area contributed by atoms with Crippen molar-refractivity contribution in [2.24, 2.45) is 17.3 Å². The molecule has 9 heteroatoms. The summed E-state index contributed by atoms with van der Waals surface area (Å²) < 4.78 is 61.2. The lowest BCUT2D eigenvalue weighted by molar-refractivity contribution is -0.137. The maximum atomic E-state index is 14.2. The molecule has 2 atom stereocenters. The molecule has 3 fully saturated rings. The van der Waals surface area contributed by atoms with Crippen molar-refractivity contribution in [2.45, 2.75) is 32.0 Å². The van der Waals surface area contributed by atoms with Crippen molar-refractivity contribution in [2.75, 3.05) is 44.3 Å². The van der Waals surface area contributed by atoms with Crippen molar-refractivity contribution in [3.8, 4) is 6.07 Å². The van der Waals surface area contributed by atoms with Crippen LogP contribution in [0.3, 0.4) is 0 Å². The second kappa shape index (κ2) is 9.40. The average Bonchev–Trinajstić information content (AvgIpc) is 3.57. The van der Waals surface area contributed by atoms with Gasteiger partial charge in [0.1, 0.15) is 5.82 Å². The van der Waals surface area contributed by atoms with Gasteiger partial charge in [-0.3, -0.25) is 9.88 Å². The van der Waals surface area contributed by atoms with E-state index in [1.54, 1.807) is 24.4 Å². The van der Waals surface area contributed by atoms with Crippen molar-refractivity contribution in [3.05, 3.63) is 59.2 Å². The molecule has 0 bridgehead atoms. The van der Waals surface area contributed by atoms with Gasteiger partial charge in [-0.2, -0.15) is 18.4 Å². The topological polar surface area (TPSA) is 52.4 Å². The Morgan fingerprint density at radius 3 is 2.71 bits per heavy atom. The van der Waals surface area contributed by atoms with E-state index >= 15 is 0 Å². The quantitative estimate of drug-likeness (QED) is 0.521. The second-order valence-electron chi connectivity index (χ2n) is 10.2. The summed E-state index contributed by atoms with van der Waals surface area (Å²) in [5.41, 5.74) is -0.474. The summed E-state index contributed by atoms with van der Waals surface area (Å²) in [6.07, 6.45) is 1.43. The minimum absolute atomic E-state index is 0.255. The molecule has 5 nitrogen and oxygen atoms in total. The standard InChI is InChI=1S/C26H28F4N4O/c27-24-11-32-7-5-20(24)12-33-8-6-21-13-34(16-25(21,15-33)17-35-14-18-1-2-18)22-4-3-19(10-31)23(9-22)26(28,29)30/h3-5,7,9,11,18,21H,1-2,6,8,12-17H2/t21-,25+/m0/s1. The van der Waals surface area contributed by atoms with Gasteiger partial charge in [0.15, 0.2) is 0 Å². The van der Waals surface area contributed by atoms with Gasteiger partial charge in [-0.05, 0) is 61.9 Å². The molecule has 0 N–H and O–H groups in total. The number of alkyl halides is 3. The number of hydrogen-bond acceptors (Lipinski definition) is 5. The number of likely N-dealkylation sites (tertiary alicyclic amines) is 1. The summed E-state index contributed by atoms with van der Waals surface area (Å²) in [6.45, 7) is 4.36. The fourth-order valence-corrected chi connectivity index (χ4v) is 5.56. The van der Waals surface area contributed by atoms with Crippen LogP contribution in [-0.2, 0) is 17.5 Å². The van der Waals surface area contributed by atoms with Crippen LogP contribution < -0.4 is 4.90 Å². The van der Waals surface area contributed by atoms with Gasteiger partial charge in [0.25, 0.3) is 0 Å². The van der Waals surface area contributed by atoms with Gasteiger partial charge in [0.2, 0.25) is 0 Å². The number of pyridine rings is 1. The zero-order valence-corrected chi connectivity index (χ0v) is 19.4. The van der Waals surface area contributed by atoms with Crippen molar-refractivity contribution < 1.29 is 22.3 Å². The fourth-order valence-electron chi connectivity index (χ4n) is 5.56. The van der Waals surface area contributed by atoms with Crippen LogP contribution in [0.2, 0.25) is 0 Å². The number of piperidine rings is 1. The van der Waals surface area contributed by atoms with E-state index in [0.29, 0.717) is 56.6 Å². The van der Waals surface area contributed by atoms with Crippen LogP contribution in [0.25, 0.3) is 0 Å². The monoisotopic (exact) mass is 488 g/mol. The molecule has 3 heterocycles. The molecular formula is C26H28F4N4O. The molecule has 1 aromatic heterocycles. The number of nitrogens with zero attached hydrogens (tertiary/aromatic N) is 4. The molecule has 2 aromatic rings. The first kappa shape index (κ1) is 24.0. The zero-order valence-electron chi connectivity index (χ0n) is 19.4. The van der Waals surface area contributed by atoms with Crippen molar-refractivity contribution in [1.29, 1.82) is 5.26 Å². The molecule has 0 radical (unpaired) electrons. The number of hydrogen-bond donors (Lipinski definition) is 0. The highest BCUT2D eigenvalue weighted by atomic mass is 19.4. The lowest BCUT2D eigenvalue weighted by Crippen LogP contribution is -2.51. The fraction of sp³-hybridized carbons (Fsp3) is 0.538. The Kier molecular flexibility index (Phi) is 6.45. The number of benzene rings is 1. The Balaban J connectivity index is 1.38. The Morgan fingerprint density at radius 1 is 1.17 bits per heavy atom. The Morgan fingerprint density at radius 2 is 2.00 bits per heavy atom. The number of ether oxygens (including phenoxy) is 1. The normalized spacial score (nSPS) is 24.9. The Labute approximate surface area is 202 Å². The summed E-state index contributed by atoms with van der Waals surface area (Å²) in [5.74, 6) is 0.532. The maximum absolute atomic E-state index is 14.2. The van der Waals surface area contributed by atoms with E-state index in [1.165, 1.54) is 25.1 Å². The first-order valence-electron chi connectivity index (χ1n) is 12.0. The van der Waals surface area contributed by atoms with E-state index in [9.17, 15) is 17.6 Å². The molecule has 35 heavy (non-hydrogen) atoms. The minimum Gasteiger partial charge on any atom is -0.380 e. The highest BCUT2D eigenvalue weighted by molar-refractivity contribution is 5.56. The Bertz CT molecular complexity index is 1110. The predicted octanol–water partition coefficient (Wildman–Crippen LogP) is 4.87. The van der Waals surface area contributed by atoms with Crippen LogP contribution >= 0.6 is 0 Å². The van der Waals surface area contributed by atoms with Crippen LogP contribution in [0.1, 0.15) is 36.0 Å².